The average molecular weight is 365 g/mol. The first-order valence-corrected chi connectivity index (χ1v) is 9.00. The van der Waals surface area contributed by atoms with Crippen LogP contribution in [0.2, 0.25) is 0 Å². The Morgan fingerprint density at radius 2 is 1.46 bits per heavy atom. The number of aliphatic imine (C=N–C) groups is 2. The molecule has 0 aliphatic heterocycles. The number of phenols is 1. The number of aromatic hydroxyl groups is 1. The van der Waals surface area contributed by atoms with E-state index in [9.17, 15) is 5.11 Å². The van der Waals surface area contributed by atoms with E-state index < -0.39 is 0 Å². The highest BCUT2D eigenvalue weighted by molar-refractivity contribution is 6.15. The first kappa shape index (κ1) is 17.5. The predicted octanol–water partition coefficient (Wildman–Crippen LogP) is 5.64. The van der Waals surface area contributed by atoms with Gasteiger partial charge in [0.1, 0.15) is 5.75 Å². The van der Waals surface area contributed by atoms with Crippen LogP contribution in [-0.4, -0.2) is 22.0 Å². The van der Waals surface area contributed by atoms with E-state index in [-0.39, 0.29) is 5.75 Å². The molecule has 1 aromatic heterocycles. The summed E-state index contributed by atoms with van der Waals surface area (Å²) in [7, 11) is 0. The highest BCUT2D eigenvalue weighted by Gasteiger charge is 2.12. The Labute approximate surface area is 163 Å². The monoisotopic (exact) mass is 365 g/mol. The summed E-state index contributed by atoms with van der Waals surface area (Å²) in [6, 6.07) is 28.7. The van der Waals surface area contributed by atoms with Gasteiger partial charge >= 0.3 is 0 Å². The zero-order chi connectivity index (χ0) is 19.2. The fourth-order valence-electron chi connectivity index (χ4n) is 2.90. The van der Waals surface area contributed by atoms with E-state index in [1.807, 2.05) is 85.1 Å². The van der Waals surface area contributed by atoms with Crippen molar-refractivity contribution in [1.82, 2.24) is 4.98 Å². The van der Waals surface area contributed by atoms with Crippen LogP contribution in [0.25, 0.3) is 0 Å². The second-order valence-electron chi connectivity index (χ2n) is 6.22. The molecule has 4 rings (SSSR count). The van der Waals surface area contributed by atoms with Crippen molar-refractivity contribution in [2.24, 2.45) is 9.98 Å². The summed E-state index contributed by atoms with van der Waals surface area (Å²) in [6.07, 6.45) is 3.63. The number of aromatic nitrogens is 1. The van der Waals surface area contributed by atoms with Crippen LogP contribution in [0.4, 0.5) is 11.4 Å². The van der Waals surface area contributed by atoms with Gasteiger partial charge in [-0.1, -0.05) is 54.6 Å². The minimum absolute atomic E-state index is 0.192. The van der Waals surface area contributed by atoms with Gasteiger partial charge in [0, 0.05) is 17.3 Å². The predicted molar refractivity (Wildman–Crippen MR) is 114 cm³/mol. The van der Waals surface area contributed by atoms with E-state index in [0.717, 1.165) is 22.6 Å². The van der Waals surface area contributed by atoms with Crippen molar-refractivity contribution < 1.29 is 5.11 Å². The molecule has 0 unspecified atom stereocenters. The molecule has 0 spiro atoms. The number of benzene rings is 3. The highest BCUT2D eigenvalue weighted by atomic mass is 16.3. The molecule has 0 bridgehead atoms. The third kappa shape index (κ3) is 3.91. The number of nitrogens with one attached hydrogen (secondary N) is 1. The van der Waals surface area contributed by atoms with Crippen molar-refractivity contribution in [1.29, 1.82) is 0 Å². The maximum Gasteiger partial charge on any atom is 0.124 e. The molecular formula is C24H19N3O. The van der Waals surface area contributed by atoms with Gasteiger partial charge < -0.3 is 10.1 Å². The summed E-state index contributed by atoms with van der Waals surface area (Å²) < 4.78 is 0. The quantitative estimate of drug-likeness (QED) is 0.442. The minimum atomic E-state index is 0.192. The van der Waals surface area contributed by atoms with E-state index >= 15 is 0 Å². The van der Waals surface area contributed by atoms with E-state index in [2.05, 4.69) is 9.98 Å². The summed E-state index contributed by atoms with van der Waals surface area (Å²) in [4.78, 5) is 12.6. The van der Waals surface area contributed by atoms with Crippen molar-refractivity contribution in [3.8, 4) is 5.75 Å². The van der Waals surface area contributed by atoms with Crippen molar-refractivity contribution >= 4 is 23.3 Å². The van der Waals surface area contributed by atoms with Crippen LogP contribution in [0.15, 0.2) is 107 Å². The number of phenolic OH excluding ortho intramolecular Hbond substituents is 1. The first-order valence-electron chi connectivity index (χ1n) is 9.00. The Balaban J connectivity index is 1.83. The Hall–Kier alpha value is -3.92. The molecule has 0 aliphatic carbocycles. The summed E-state index contributed by atoms with van der Waals surface area (Å²) in [5.74, 6) is 0.192. The number of hydrogen-bond acceptors (Lipinski definition) is 3. The van der Waals surface area contributed by atoms with Crippen LogP contribution in [-0.2, 0) is 0 Å². The van der Waals surface area contributed by atoms with E-state index in [0.29, 0.717) is 11.3 Å². The van der Waals surface area contributed by atoms with Crippen LogP contribution in [0.3, 0.4) is 0 Å². The van der Waals surface area contributed by atoms with Crippen LogP contribution >= 0.6 is 0 Å². The highest BCUT2D eigenvalue weighted by Crippen LogP contribution is 2.30. The summed E-state index contributed by atoms with van der Waals surface area (Å²) in [5.41, 5.74) is 4.70. The fourth-order valence-corrected chi connectivity index (χ4v) is 2.90. The van der Waals surface area contributed by atoms with Gasteiger partial charge in [-0.25, -0.2) is 4.99 Å². The van der Waals surface area contributed by atoms with Gasteiger partial charge in [0.15, 0.2) is 0 Å². The number of H-pyrrole nitrogens is 1. The normalized spacial score (nSPS) is 11.8. The maximum atomic E-state index is 10.4. The third-order valence-electron chi connectivity index (χ3n) is 4.29. The number of para-hydroxylation sites is 3. The lowest BCUT2D eigenvalue weighted by Crippen LogP contribution is -2.03. The molecule has 0 fully saturated rings. The Morgan fingerprint density at radius 3 is 2.21 bits per heavy atom. The van der Waals surface area contributed by atoms with Gasteiger partial charge in [0.25, 0.3) is 0 Å². The van der Waals surface area contributed by atoms with Gasteiger partial charge in [-0.3, -0.25) is 4.99 Å². The molecule has 0 radical (unpaired) electrons. The van der Waals surface area contributed by atoms with Gasteiger partial charge in [-0.2, -0.15) is 0 Å². The van der Waals surface area contributed by atoms with Crippen LogP contribution in [0.5, 0.6) is 5.75 Å². The third-order valence-corrected chi connectivity index (χ3v) is 4.29. The smallest absolute Gasteiger partial charge is 0.124 e. The molecule has 0 amide bonds. The molecule has 4 nitrogen and oxygen atoms in total. The molecule has 3 aromatic carbocycles. The molecule has 0 saturated carbocycles. The molecule has 1 heterocycles. The van der Waals surface area contributed by atoms with Gasteiger partial charge in [0.05, 0.1) is 29.0 Å². The van der Waals surface area contributed by atoms with Crippen LogP contribution in [0, 0.1) is 0 Å². The second kappa shape index (κ2) is 8.18. The SMILES string of the molecule is Oc1ccccc1C(=Nc1ccccc1N=Cc1ccc[nH]1)c1ccccc1. The number of rotatable bonds is 5. The molecule has 28 heavy (non-hydrogen) atoms. The second-order valence-corrected chi connectivity index (χ2v) is 6.22. The van der Waals surface area contributed by atoms with Gasteiger partial charge in [-0.05, 0) is 36.4 Å². The summed E-state index contributed by atoms with van der Waals surface area (Å²) in [5, 5.41) is 10.4. The van der Waals surface area contributed by atoms with E-state index in [1.54, 1.807) is 18.3 Å². The standard InChI is InChI=1S/C24H19N3O/c28-23-15-7-4-12-20(23)24(18-9-2-1-3-10-18)27-22-14-6-5-13-21(22)26-17-19-11-8-16-25-19/h1-17,25,28H. The number of aromatic amines is 1. The fraction of sp³-hybridized carbons (Fsp3) is 0. The van der Waals surface area contributed by atoms with E-state index in [1.165, 1.54) is 0 Å². The topological polar surface area (TPSA) is 60.7 Å². The van der Waals surface area contributed by atoms with Crippen molar-refractivity contribution in [3.63, 3.8) is 0 Å². The lowest BCUT2D eigenvalue weighted by molar-refractivity contribution is 0.474. The molecule has 4 aromatic rings. The molecule has 0 atom stereocenters. The molecule has 136 valence electrons. The van der Waals surface area contributed by atoms with Gasteiger partial charge in [-0.15, -0.1) is 0 Å². The lowest BCUT2D eigenvalue weighted by Gasteiger charge is -2.10. The van der Waals surface area contributed by atoms with Crippen molar-refractivity contribution in [3.05, 3.63) is 114 Å². The molecule has 0 saturated heterocycles. The maximum absolute atomic E-state index is 10.4. The molecule has 2 N–H and O–H groups in total. The molecule has 0 aliphatic rings. The van der Waals surface area contributed by atoms with Crippen LogP contribution in [0.1, 0.15) is 16.8 Å². The first-order chi connectivity index (χ1) is 13.8. The van der Waals surface area contributed by atoms with Crippen molar-refractivity contribution in [2.75, 3.05) is 0 Å². The summed E-state index contributed by atoms with van der Waals surface area (Å²) in [6.45, 7) is 0. The summed E-state index contributed by atoms with van der Waals surface area (Å²) >= 11 is 0. The molecule has 4 heteroatoms. The van der Waals surface area contributed by atoms with Gasteiger partial charge in [0.2, 0.25) is 0 Å². The Morgan fingerprint density at radius 1 is 0.750 bits per heavy atom. The van der Waals surface area contributed by atoms with Crippen LogP contribution < -0.4 is 0 Å². The Kier molecular flexibility index (Phi) is 5.11. The molecular weight excluding hydrogens is 346 g/mol. The average Bonchev–Trinajstić information content (AvgIpc) is 3.26. The Bertz CT molecular complexity index is 1110. The van der Waals surface area contributed by atoms with E-state index in [4.69, 9.17) is 4.99 Å². The zero-order valence-electron chi connectivity index (χ0n) is 15.2. The minimum Gasteiger partial charge on any atom is -0.507 e. The van der Waals surface area contributed by atoms with Crippen molar-refractivity contribution in [2.45, 2.75) is 0 Å². The zero-order valence-corrected chi connectivity index (χ0v) is 15.2. The number of hydrogen-bond donors (Lipinski definition) is 2. The lowest BCUT2D eigenvalue weighted by atomic mass is 10.0. The number of nitrogens with zero attached hydrogens (tertiary/aromatic N) is 2. The largest absolute Gasteiger partial charge is 0.507 e.